The summed E-state index contributed by atoms with van der Waals surface area (Å²) in [6.07, 6.45) is 1.07. The minimum Gasteiger partial charge on any atom is -0.307 e. The first-order chi connectivity index (χ1) is 9.54. The van der Waals surface area contributed by atoms with E-state index >= 15 is 0 Å². The van der Waals surface area contributed by atoms with Gasteiger partial charge in [0.15, 0.2) is 0 Å². The van der Waals surface area contributed by atoms with Crippen LogP contribution < -0.4 is 5.32 Å². The summed E-state index contributed by atoms with van der Waals surface area (Å²) in [6, 6.07) is 18.3. The van der Waals surface area contributed by atoms with Crippen LogP contribution in [0.3, 0.4) is 0 Å². The molecule has 0 saturated heterocycles. The molecule has 2 rings (SSSR count). The molecular formula is C19H25N. The van der Waals surface area contributed by atoms with E-state index in [0.29, 0.717) is 12.1 Å². The van der Waals surface area contributed by atoms with Crippen molar-refractivity contribution in [3.8, 4) is 0 Å². The molecule has 0 aromatic heterocycles. The van der Waals surface area contributed by atoms with Gasteiger partial charge in [0, 0.05) is 12.1 Å². The predicted octanol–water partition coefficient (Wildman–Crippen LogP) is 4.59. The van der Waals surface area contributed by atoms with Gasteiger partial charge in [0.05, 0.1) is 0 Å². The fourth-order valence-electron chi connectivity index (χ4n) is 2.81. The van der Waals surface area contributed by atoms with Crippen molar-refractivity contribution < 1.29 is 0 Å². The van der Waals surface area contributed by atoms with Gasteiger partial charge in [-0.3, -0.25) is 0 Å². The van der Waals surface area contributed by atoms with Crippen LogP contribution in [-0.4, -0.2) is 6.04 Å². The molecule has 0 radical (unpaired) electrons. The fraction of sp³-hybridized carbons (Fsp3) is 0.368. The molecule has 0 aliphatic carbocycles. The maximum absolute atomic E-state index is 3.70. The van der Waals surface area contributed by atoms with Gasteiger partial charge in [0.1, 0.15) is 0 Å². The first kappa shape index (κ1) is 14.8. The second kappa shape index (κ2) is 6.71. The van der Waals surface area contributed by atoms with E-state index in [2.05, 4.69) is 81.5 Å². The lowest BCUT2D eigenvalue weighted by Gasteiger charge is -2.21. The standard InChI is InChI=1S/C19H25N/c1-14-10-15(2)12-19(11-14)17(4)20-16(3)13-18-8-6-5-7-9-18/h5-12,16-17,20H,13H2,1-4H3. The van der Waals surface area contributed by atoms with Gasteiger partial charge >= 0.3 is 0 Å². The number of hydrogen-bond acceptors (Lipinski definition) is 1. The van der Waals surface area contributed by atoms with E-state index in [9.17, 15) is 0 Å². The monoisotopic (exact) mass is 267 g/mol. The van der Waals surface area contributed by atoms with Crippen LogP contribution >= 0.6 is 0 Å². The quantitative estimate of drug-likeness (QED) is 0.835. The Balaban J connectivity index is 1.98. The maximum Gasteiger partial charge on any atom is 0.0294 e. The van der Waals surface area contributed by atoms with Crippen LogP contribution in [0.5, 0.6) is 0 Å². The molecule has 0 fully saturated rings. The first-order valence-corrected chi connectivity index (χ1v) is 7.43. The largest absolute Gasteiger partial charge is 0.307 e. The van der Waals surface area contributed by atoms with Crippen LogP contribution in [0.15, 0.2) is 48.5 Å². The third-order valence-electron chi connectivity index (χ3n) is 3.66. The summed E-state index contributed by atoms with van der Waals surface area (Å²) in [7, 11) is 0. The highest BCUT2D eigenvalue weighted by Gasteiger charge is 2.10. The van der Waals surface area contributed by atoms with E-state index in [0.717, 1.165) is 6.42 Å². The molecular weight excluding hydrogens is 242 g/mol. The highest BCUT2D eigenvalue weighted by molar-refractivity contribution is 5.30. The molecule has 2 aromatic carbocycles. The zero-order valence-electron chi connectivity index (χ0n) is 13.0. The van der Waals surface area contributed by atoms with Gasteiger partial charge < -0.3 is 5.32 Å². The lowest BCUT2D eigenvalue weighted by atomic mass is 10.0. The Labute approximate surface area is 123 Å². The summed E-state index contributed by atoms with van der Waals surface area (Å²) in [5, 5.41) is 3.70. The zero-order valence-corrected chi connectivity index (χ0v) is 13.0. The van der Waals surface area contributed by atoms with E-state index in [1.54, 1.807) is 0 Å². The van der Waals surface area contributed by atoms with Gasteiger partial charge in [0.2, 0.25) is 0 Å². The Kier molecular flexibility index (Phi) is 4.97. The summed E-state index contributed by atoms with van der Waals surface area (Å²) < 4.78 is 0. The molecule has 0 saturated carbocycles. The second-order valence-electron chi connectivity index (χ2n) is 5.90. The fourth-order valence-corrected chi connectivity index (χ4v) is 2.81. The summed E-state index contributed by atoms with van der Waals surface area (Å²) >= 11 is 0. The molecule has 0 bridgehead atoms. The van der Waals surface area contributed by atoms with E-state index in [1.807, 2.05) is 0 Å². The van der Waals surface area contributed by atoms with E-state index in [1.165, 1.54) is 22.3 Å². The number of nitrogens with one attached hydrogen (secondary N) is 1. The Morgan fingerprint density at radius 3 is 2.10 bits per heavy atom. The molecule has 0 spiro atoms. The van der Waals surface area contributed by atoms with Gasteiger partial charge in [-0.2, -0.15) is 0 Å². The molecule has 0 heterocycles. The molecule has 2 unspecified atom stereocenters. The summed E-state index contributed by atoms with van der Waals surface area (Å²) in [5.74, 6) is 0. The van der Waals surface area contributed by atoms with Gasteiger partial charge in [-0.25, -0.2) is 0 Å². The molecule has 1 nitrogen and oxygen atoms in total. The van der Waals surface area contributed by atoms with Crippen molar-refractivity contribution in [3.05, 3.63) is 70.8 Å². The number of aryl methyl sites for hydroxylation is 2. The zero-order chi connectivity index (χ0) is 14.5. The van der Waals surface area contributed by atoms with Crippen molar-refractivity contribution in [2.24, 2.45) is 0 Å². The van der Waals surface area contributed by atoms with Crippen molar-refractivity contribution in [1.82, 2.24) is 5.32 Å². The van der Waals surface area contributed by atoms with E-state index < -0.39 is 0 Å². The number of rotatable bonds is 5. The second-order valence-corrected chi connectivity index (χ2v) is 5.90. The lowest BCUT2D eigenvalue weighted by molar-refractivity contribution is 0.477. The van der Waals surface area contributed by atoms with Crippen LogP contribution in [0.4, 0.5) is 0 Å². The topological polar surface area (TPSA) is 12.0 Å². The van der Waals surface area contributed by atoms with E-state index in [-0.39, 0.29) is 0 Å². The summed E-state index contributed by atoms with van der Waals surface area (Å²) in [6.45, 7) is 8.83. The van der Waals surface area contributed by atoms with Crippen molar-refractivity contribution >= 4 is 0 Å². The van der Waals surface area contributed by atoms with Crippen LogP contribution in [-0.2, 0) is 6.42 Å². The molecule has 1 N–H and O–H groups in total. The van der Waals surface area contributed by atoms with Gasteiger partial charge in [0.25, 0.3) is 0 Å². The van der Waals surface area contributed by atoms with Crippen molar-refractivity contribution in [1.29, 1.82) is 0 Å². The maximum atomic E-state index is 3.70. The molecule has 2 aromatic rings. The van der Waals surface area contributed by atoms with Crippen molar-refractivity contribution in [2.45, 2.75) is 46.2 Å². The molecule has 1 heteroatoms. The normalized spacial score (nSPS) is 14.0. The molecule has 2 atom stereocenters. The lowest BCUT2D eigenvalue weighted by Crippen LogP contribution is -2.30. The van der Waals surface area contributed by atoms with Crippen LogP contribution in [0.1, 0.15) is 42.1 Å². The minimum atomic E-state index is 0.382. The van der Waals surface area contributed by atoms with Gasteiger partial charge in [-0.05, 0) is 45.2 Å². The van der Waals surface area contributed by atoms with Crippen LogP contribution in [0.2, 0.25) is 0 Å². The van der Waals surface area contributed by atoms with Crippen molar-refractivity contribution in [3.63, 3.8) is 0 Å². The SMILES string of the molecule is Cc1cc(C)cc(C(C)NC(C)Cc2ccccc2)c1. The first-order valence-electron chi connectivity index (χ1n) is 7.43. The average Bonchev–Trinajstić information content (AvgIpc) is 2.38. The smallest absolute Gasteiger partial charge is 0.0294 e. The Morgan fingerprint density at radius 1 is 0.900 bits per heavy atom. The highest BCUT2D eigenvalue weighted by atomic mass is 14.9. The third-order valence-corrected chi connectivity index (χ3v) is 3.66. The molecule has 20 heavy (non-hydrogen) atoms. The summed E-state index contributed by atoms with van der Waals surface area (Å²) in [4.78, 5) is 0. The van der Waals surface area contributed by atoms with Gasteiger partial charge in [-0.1, -0.05) is 59.7 Å². The third kappa shape index (κ3) is 4.21. The van der Waals surface area contributed by atoms with Gasteiger partial charge in [-0.15, -0.1) is 0 Å². The Hall–Kier alpha value is -1.60. The Morgan fingerprint density at radius 2 is 1.50 bits per heavy atom. The average molecular weight is 267 g/mol. The van der Waals surface area contributed by atoms with E-state index in [4.69, 9.17) is 0 Å². The predicted molar refractivity (Wildman–Crippen MR) is 87.1 cm³/mol. The highest BCUT2D eigenvalue weighted by Crippen LogP contribution is 2.17. The summed E-state index contributed by atoms with van der Waals surface area (Å²) in [5.41, 5.74) is 5.44. The minimum absolute atomic E-state index is 0.382. The molecule has 106 valence electrons. The van der Waals surface area contributed by atoms with Crippen molar-refractivity contribution in [2.75, 3.05) is 0 Å². The molecule has 0 aliphatic heterocycles. The molecule has 0 amide bonds. The Bertz CT molecular complexity index is 525. The number of hydrogen-bond donors (Lipinski definition) is 1. The van der Waals surface area contributed by atoms with Crippen LogP contribution in [0, 0.1) is 13.8 Å². The van der Waals surface area contributed by atoms with Crippen LogP contribution in [0.25, 0.3) is 0 Å². The number of benzene rings is 2. The molecule has 0 aliphatic rings.